The summed E-state index contributed by atoms with van der Waals surface area (Å²) in [6, 6.07) is 9.93. The molecule has 1 amide bonds. The summed E-state index contributed by atoms with van der Waals surface area (Å²) in [7, 11) is 0. The number of aryl methyl sites for hydroxylation is 2. The zero-order valence-corrected chi connectivity index (χ0v) is 14.6. The summed E-state index contributed by atoms with van der Waals surface area (Å²) in [4.78, 5) is 27.5. The number of fused-ring (bicyclic) bond motifs is 1. The highest BCUT2D eigenvalue weighted by molar-refractivity contribution is 5.95. The summed E-state index contributed by atoms with van der Waals surface area (Å²) >= 11 is 0. The summed E-state index contributed by atoms with van der Waals surface area (Å²) in [5, 5.41) is 0. The third kappa shape index (κ3) is 3.14. The fourth-order valence-corrected chi connectivity index (χ4v) is 3.13. The number of carbonyl (C=O) groups is 1. The second-order valence-electron chi connectivity index (χ2n) is 6.98. The number of aromatic nitrogens is 1. The van der Waals surface area contributed by atoms with Crippen molar-refractivity contribution < 1.29 is 4.79 Å². The molecule has 4 nitrogen and oxygen atoms in total. The van der Waals surface area contributed by atoms with Crippen molar-refractivity contribution in [3.05, 3.63) is 69.1 Å². The van der Waals surface area contributed by atoms with Crippen LogP contribution >= 0.6 is 0 Å². The van der Waals surface area contributed by atoms with Crippen molar-refractivity contribution in [1.82, 2.24) is 9.47 Å². The standard InChI is InChI=1S/C20H24N2O2/c1-14(2)8-10-21-11-9-15(3)18(19(21)23)20(24)22-12-16-6-4-5-7-17(16)13-22/h4-7,9,11,14H,8,10,12-13H2,1-3H3. The molecule has 0 saturated heterocycles. The SMILES string of the molecule is Cc1ccn(CCC(C)C)c(=O)c1C(=O)N1Cc2ccccc2C1. The van der Waals surface area contributed by atoms with Crippen molar-refractivity contribution in [2.45, 2.75) is 46.8 Å². The van der Waals surface area contributed by atoms with Gasteiger partial charge in [-0.15, -0.1) is 0 Å². The van der Waals surface area contributed by atoms with E-state index in [4.69, 9.17) is 0 Å². The molecule has 0 N–H and O–H groups in total. The van der Waals surface area contributed by atoms with Gasteiger partial charge >= 0.3 is 0 Å². The molecule has 2 aromatic rings. The number of nitrogens with zero attached hydrogens (tertiary/aromatic N) is 2. The van der Waals surface area contributed by atoms with Gasteiger partial charge in [-0.3, -0.25) is 9.59 Å². The summed E-state index contributed by atoms with van der Waals surface area (Å²) in [5.74, 6) is 0.359. The van der Waals surface area contributed by atoms with Crippen molar-refractivity contribution in [1.29, 1.82) is 0 Å². The number of pyridine rings is 1. The minimum atomic E-state index is -0.170. The first kappa shape index (κ1) is 16.5. The number of carbonyl (C=O) groups excluding carboxylic acids is 1. The third-order valence-electron chi connectivity index (χ3n) is 4.66. The van der Waals surface area contributed by atoms with Crippen LogP contribution in [0.4, 0.5) is 0 Å². The van der Waals surface area contributed by atoms with Gasteiger partial charge in [0, 0.05) is 25.8 Å². The van der Waals surface area contributed by atoms with Crippen molar-refractivity contribution in [3.8, 4) is 0 Å². The van der Waals surface area contributed by atoms with Gasteiger partial charge in [0.25, 0.3) is 11.5 Å². The van der Waals surface area contributed by atoms with Crippen LogP contribution in [0.2, 0.25) is 0 Å². The smallest absolute Gasteiger partial charge is 0.263 e. The van der Waals surface area contributed by atoms with Gasteiger partial charge in [0.15, 0.2) is 0 Å². The predicted octanol–water partition coefficient (Wildman–Crippen LogP) is 3.36. The van der Waals surface area contributed by atoms with Crippen LogP contribution in [0, 0.1) is 12.8 Å². The first-order chi connectivity index (χ1) is 11.5. The molecule has 0 bridgehead atoms. The molecular weight excluding hydrogens is 300 g/mol. The molecule has 0 radical (unpaired) electrons. The Bertz CT molecular complexity index is 796. The molecule has 4 heteroatoms. The van der Waals surface area contributed by atoms with E-state index in [1.54, 1.807) is 15.7 Å². The maximum atomic E-state index is 13.0. The van der Waals surface area contributed by atoms with Gasteiger partial charge in [-0.05, 0) is 42.0 Å². The van der Waals surface area contributed by atoms with E-state index in [2.05, 4.69) is 13.8 Å². The molecule has 0 unspecified atom stereocenters. The van der Waals surface area contributed by atoms with Crippen LogP contribution in [-0.4, -0.2) is 15.4 Å². The molecular formula is C20H24N2O2. The van der Waals surface area contributed by atoms with E-state index in [0.29, 0.717) is 31.1 Å². The Morgan fingerprint density at radius 3 is 2.33 bits per heavy atom. The summed E-state index contributed by atoms with van der Waals surface area (Å²) in [6.45, 7) is 7.91. The van der Waals surface area contributed by atoms with Gasteiger partial charge in [0.1, 0.15) is 5.56 Å². The number of rotatable bonds is 4. The number of hydrogen-bond donors (Lipinski definition) is 0. The monoisotopic (exact) mass is 324 g/mol. The Morgan fingerprint density at radius 2 is 1.75 bits per heavy atom. The number of hydrogen-bond acceptors (Lipinski definition) is 2. The molecule has 0 fully saturated rings. The molecule has 1 aromatic carbocycles. The quantitative estimate of drug-likeness (QED) is 0.865. The van der Waals surface area contributed by atoms with Crippen molar-refractivity contribution in [2.75, 3.05) is 0 Å². The highest BCUT2D eigenvalue weighted by Gasteiger charge is 2.27. The highest BCUT2D eigenvalue weighted by atomic mass is 16.2. The van der Waals surface area contributed by atoms with Gasteiger partial charge in [-0.1, -0.05) is 38.1 Å². The Labute approximate surface area is 142 Å². The van der Waals surface area contributed by atoms with E-state index in [0.717, 1.165) is 12.0 Å². The lowest BCUT2D eigenvalue weighted by atomic mass is 10.1. The molecule has 0 aliphatic carbocycles. The van der Waals surface area contributed by atoms with Gasteiger partial charge in [0.05, 0.1) is 0 Å². The Kier molecular flexibility index (Phi) is 4.56. The van der Waals surface area contributed by atoms with Crippen LogP contribution in [0.3, 0.4) is 0 Å². The molecule has 1 aliphatic rings. The van der Waals surface area contributed by atoms with Crippen molar-refractivity contribution in [2.24, 2.45) is 5.92 Å². The molecule has 0 saturated carbocycles. The van der Waals surface area contributed by atoms with E-state index >= 15 is 0 Å². The van der Waals surface area contributed by atoms with Crippen LogP contribution in [0.5, 0.6) is 0 Å². The average molecular weight is 324 g/mol. The molecule has 0 spiro atoms. The predicted molar refractivity (Wildman–Crippen MR) is 94.9 cm³/mol. The van der Waals surface area contributed by atoms with Crippen LogP contribution in [0.1, 0.15) is 47.3 Å². The third-order valence-corrected chi connectivity index (χ3v) is 4.66. The lowest BCUT2D eigenvalue weighted by Gasteiger charge is -2.18. The van der Waals surface area contributed by atoms with E-state index in [1.807, 2.05) is 37.3 Å². The number of amides is 1. The zero-order valence-electron chi connectivity index (χ0n) is 14.6. The Morgan fingerprint density at radius 1 is 1.12 bits per heavy atom. The van der Waals surface area contributed by atoms with Crippen LogP contribution in [0.15, 0.2) is 41.3 Å². The molecule has 0 atom stereocenters. The fourth-order valence-electron chi connectivity index (χ4n) is 3.13. The van der Waals surface area contributed by atoms with E-state index in [1.165, 1.54) is 11.1 Å². The van der Waals surface area contributed by atoms with Gasteiger partial charge in [-0.25, -0.2) is 0 Å². The van der Waals surface area contributed by atoms with Gasteiger partial charge in [0.2, 0.25) is 0 Å². The average Bonchev–Trinajstić information content (AvgIpc) is 2.98. The minimum absolute atomic E-state index is 0.160. The minimum Gasteiger partial charge on any atom is -0.330 e. The lowest BCUT2D eigenvalue weighted by Crippen LogP contribution is -2.35. The second kappa shape index (κ2) is 6.63. The van der Waals surface area contributed by atoms with Crippen LogP contribution in [-0.2, 0) is 19.6 Å². The molecule has 3 rings (SSSR count). The molecule has 126 valence electrons. The van der Waals surface area contributed by atoms with Crippen LogP contribution in [0.25, 0.3) is 0 Å². The number of benzene rings is 1. The van der Waals surface area contributed by atoms with Gasteiger partial charge < -0.3 is 9.47 Å². The molecule has 1 aromatic heterocycles. The fraction of sp³-hybridized carbons (Fsp3) is 0.400. The second-order valence-corrected chi connectivity index (χ2v) is 6.98. The van der Waals surface area contributed by atoms with Crippen LogP contribution < -0.4 is 5.56 Å². The molecule has 2 heterocycles. The Hall–Kier alpha value is -2.36. The van der Waals surface area contributed by atoms with E-state index in [-0.39, 0.29) is 11.5 Å². The topological polar surface area (TPSA) is 42.3 Å². The first-order valence-electron chi connectivity index (χ1n) is 8.53. The highest BCUT2D eigenvalue weighted by Crippen LogP contribution is 2.24. The van der Waals surface area contributed by atoms with Crippen molar-refractivity contribution in [3.63, 3.8) is 0 Å². The molecule has 1 aliphatic heterocycles. The largest absolute Gasteiger partial charge is 0.330 e. The maximum Gasteiger partial charge on any atom is 0.263 e. The molecule has 24 heavy (non-hydrogen) atoms. The first-order valence-corrected chi connectivity index (χ1v) is 8.53. The summed E-state index contributed by atoms with van der Waals surface area (Å²) < 4.78 is 1.67. The Balaban J connectivity index is 1.88. The maximum absolute atomic E-state index is 13.0. The van der Waals surface area contributed by atoms with E-state index in [9.17, 15) is 9.59 Å². The van der Waals surface area contributed by atoms with Gasteiger partial charge in [-0.2, -0.15) is 0 Å². The summed E-state index contributed by atoms with van der Waals surface area (Å²) in [6.07, 6.45) is 2.72. The van der Waals surface area contributed by atoms with E-state index < -0.39 is 0 Å². The van der Waals surface area contributed by atoms with Crippen molar-refractivity contribution >= 4 is 5.91 Å². The lowest BCUT2D eigenvalue weighted by molar-refractivity contribution is 0.0748. The normalized spacial score (nSPS) is 13.4. The summed E-state index contributed by atoms with van der Waals surface area (Å²) in [5.41, 5.74) is 3.23. The zero-order chi connectivity index (χ0) is 17.3.